The molecule has 0 spiro atoms. The molecule has 4 heterocycles. The molecule has 0 radical (unpaired) electrons. The SMILES string of the molecule is COc1cc2ccc1CNC(=O)CCc1ccc(OC)c(c1)OCC(=O)N[C@@H]1CN(C(=O)CCn3c(C)cc(C)nc3=O)CC[C@@H]1O2. The topological polar surface area (TPSA) is 150 Å². The molecule has 2 aromatic carbocycles. The molecule has 2 N–H and O–H groups in total. The Balaban J connectivity index is 1.36. The number of benzene rings is 2. The van der Waals surface area contributed by atoms with Crippen LogP contribution in [0.15, 0.2) is 47.3 Å². The summed E-state index contributed by atoms with van der Waals surface area (Å²) in [6.45, 7) is 4.35. The second-order valence-electron chi connectivity index (χ2n) is 11.7. The molecule has 13 heteroatoms. The molecule has 0 saturated carbocycles. The highest BCUT2D eigenvalue weighted by Gasteiger charge is 2.34. The van der Waals surface area contributed by atoms with Crippen LogP contribution >= 0.6 is 0 Å². The summed E-state index contributed by atoms with van der Waals surface area (Å²) < 4.78 is 24.8. The first-order chi connectivity index (χ1) is 22.6. The van der Waals surface area contributed by atoms with Crippen LogP contribution in [0, 0.1) is 13.8 Å². The third-order valence-electron chi connectivity index (χ3n) is 8.39. The lowest BCUT2D eigenvalue weighted by molar-refractivity contribution is -0.135. The molecule has 3 aliphatic heterocycles. The largest absolute Gasteiger partial charge is 0.496 e. The van der Waals surface area contributed by atoms with Crippen LogP contribution in [0.3, 0.4) is 0 Å². The van der Waals surface area contributed by atoms with Gasteiger partial charge in [0.1, 0.15) is 17.6 Å². The smallest absolute Gasteiger partial charge is 0.347 e. The average Bonchev–Trinajstić information content (AvgIpc) is 3.05. The van der Waals surface area contributed by atoms with Crippen LogP contribution in [0.25, 0.3) is 0 Å². The fourth-order valence-electron chi connectivity index (χ4n) is 5.89. The Morgan fingerprint density at radius 2 is 1.81 bits per heavy atom. The fourth-order valence-corrected chi connectivity index (χ4v) is 5.89. The minimum atomic E-state index is -0.561. The summed E-state index contributed by atoms with van der Waals surface area (Å²) in [5.41, 5.74) is 2.61. The van der Waals surface area contributed by atoms with E-state index in [1.807, 2.05) is 19.1 Å². The number of rotatable bonds is 5. The number of likely N-dealkylation sites (tertiary alicyclic amines) is 1. The van der Waals surface area contributed by atoms with Crippen LogP contribution in [-0.4, -0.2) is 78.2 Å². The van der Waals surface area contributed by atoms with Gasteiger partial charge in [-0.2, -0.15) is 4.98 Å². The molecule has 47 heavy (non-hydrogen) atoms. The summed E-state index contributed by atoms with van der Waals surface area (Å²) in [6.07, 6.45) is 0.798. The van der Waals surface area contributed by atoms with Crippen LogP contribution in [0.4, 0.5) is 0 Å². The van der Waals surface area contributed by atoms with Crippen LogP contribution in [0.2, 0.25) is 0 Å². The number of fused-ring (bicyclic) bond motifs is 9. The van der Waals surface area contributed by atoms with E-state index in [1.165, 1.54) is 11.7 Å². The quantitative estimate of drug-likeness (QED) is 0.424. The van der Waals surface area contributed by atoms with Gasteiger partial charge in [0, 0.05) is 68.5 Å². The maximum absolute atomic E-state index is 13.4. The molecule has 1 aromatic heterocycles. The monoisotopic (exact) mass is 647 g/mol. The third kappa shape index (κ3) is 8.40. The lowest BCUT2D eigenvalue weighted by Gasteiger charge is -2.39. The zero-order valence-corrected chi connectivity index (χ0v) is 27.2. The molecule has 3 amide bonds. The number of piperidine rings is 1. The van der Waals surface area contributed by atoms with Crippen LogP contribution in [-0.2, 0) is 33.9 Å². The molecule has 4 bridgehead atoms. The number of amides is 3. The van der Waals surface area contributed by atoms with Gasteiger partial charge in [-0.3, -0.25) is 19.0 Å². The fraction of sp³-hybridized carbons (Fsp3) is 0.441. The Hall–Kier alpha value is -5.07. The van der Waals surface area contributed by atoms with Gasteiger partial charge in [0.15, 0.2) is 18.1 Å². The lowest BCUT2D eigenvalue weighted by Crippen LogP contribution is -2.58. The van der Waals surface area contributed by atoms with E-state index < -0.39 is 18.1 Å². The van der Waals surface area contributed by atoms with Crippen LogP contribution in [0.5, 0.6) is 23.0 Å². The standard InChI is InChI=1S/C34H41N5O8/c1-21-15-22(2)39(34(43)36-21)14-12-33(42)38-13-11-27-26(19-38)37-32(41)20-46-30-16-23(5-9-28(30)44-3)6-10-31(40)35-18-24-7-8-25(47-27)17-29(24)45-4/h5,7-9,15-17,26-27H,6,10-14,18-20H2,1-4H3,(H,35,40)(H,37,41)/t26-,27+/m1/s1. The van der Waals surface area contributed by atoms with Crippen LogP contribution in [0.1, 0.15) is 41.8 Å². The molecule has 3 aliphatic rings. The van der Waals surface area contributed by atoms with Crippen molar-refractivity contribution in [1.29, 1.82) is 0 Å². The minimum Gasteiger partial charge on any atom is -0.496 e. The Kier molecular flexibility index (Phi) is 10.6. The number of carbonyl (C=O) groups excluding carboxylic acids is 3. The third-order valence-corrected chi connectivity index (χ3v) is 8.39. The Morgan fingerprint density at radius 1 is 1.00 bits per heavy atom. The zero-order chi connectivity index (χ0) is 33.5. The van der Waals surface area contributed by atoms with Gasteiger partial charge in [0.25, 0.3) is 5.91 Å². The Bertz CT molecular complexity index is 1690. The number of nitrogens with zero attached hydrogens (tertiary/aromatic N) is 3. The maximum Gasteiger partial charge on any atom is 0.347 e. The van der Waals surface area contributed by atoms with Gasteiger partial charge in [-0.25, -0.2) is 4.79 Å². The summed E-state index contributed by atoms with van der Waals surface area (Å²) in [6, 6.07) is 12.0. The van der Waals surface area contributed by atoms with Gasteiger partial charge in [-0.05, 0) is 56.2 Å². The van der Waals surface area contributed by atoms with E-state index in [0.29, 0.717) is 48.1 Å². The summed E-state index contributed by atoms with van der Waals surface area (Å²) in [5, 5.41) is 5.96. The van der Waals surface area contributed by atoms with E-state index in [1.54, 1.807) is 49.3 Å². The molecular weight excluding hydrogens is 606 g/mol. The minimum absolute atomic E-state index is 0.103. The van der Waals surface area contributed by atoms with Crippen molar-refractivity contribution in [3.05, 3.63) is 75.5 Å². The molecule has 0 unspecified atom stereocenters. The molecule has 1 fully saturated rings. The van der Waals surface area contributed by atoms with Crippen molar-refractivity contribution in [2.24, 2.45) is 0 Å². The Morgan fingerprint density at radius 3 is 2.57 bits per heavy atom. The molecule has 250 valence electrons. The highest BCUT2D eigenvalue weighted by Crippen LogP contribution is 2.30. The van der Waals surface area contributed by atoms with E-state index in [0.717, 1.165) is 16.8 Å². The molecule has 2 atom stereocenters. The van der Waals surface area contributed by atoms with Crippen molar-refractivity contribution < 1.29 is 33.3 Å². The molecule has 0 aliphatic carbocycles. The number of hydrogen-bond acceptors (Lipinski definition) is 9. The van der Waals surface area contributed by atoms with Crippen molar-refractivity contribution in [1.82, 2.24) is 25.1 Å². The van der Waals surface area contributed by atoms with Gasteiger partial charge in [-0.1, -0.05) is 6.07 Å². The number of aromatic nitrogens is 2. The van der Waals surface area contributed by atoms with E-state index in [4.69, 9.17) is 18.9 Å². The zero-order valence-electron chi connectivity index (χ0n) is 27.2. The Labute approximate surface area is 273 Å². The van der Waals surface area contributed by atoms with Crippen molar-refractivity contribution in [2.75, 3.05) is 33.9 Å². The highest BCUT2D eigenvalue weighted by molar-refractivity contribution is 5.79. The summed E-state index contributed by atoms with van der Waals surface area (Å²) in [7, 11) is 3.07. The summed E-state index contributed by atoms with van der Waals surface area (Å²) >= 11 is 0. The van der Waals surface area contributed by atoms with Gasteiger partial charge in [-0.15, -0.1) is 0 Å². The summed E-state index contributed by atoms with van der Waals surface area (Å²) in [4.78, 5) is 57.4. The van der Waals surface area contributed by atoms with Gasteiger partial charge in [0.2, 0.25) is 11.8 Å². The molecule has 1 saturated heterocycles. The first kappa shape index (κ1) is 33.3. The van der Waals surface area contributed by atoms with Crippen molar-refractivity contribution in [3.63, 3.8) is 0 Å². The number of hydrogen-bond donors (Lipinski definition) is 2. The summed E-state index contributed by atoms with van der Waals surface area (Å²) in [5.74, 6) is 1.25. The predicted molar refractivity (Wildman–Crippen MR) is 172 cm³/mol. The van der Waals surface area contributed by atoms with E-state index >= 15 is 0 Å². The number of carbonyl (C=O) groups is 3. The molecular formula is C34H41N5O8. The van der Waals surface area contributed by atoms with E-state index in [9.17, 15) is 19.2 Å². The first-order valence-electron chi connectivity index (χ1n) is 15.7. The number of nitrogens with one attached hydrogen (secondary N) is 2. The maximum atomic E-state index is 13.4. The van der Waals surface area contributed by atoms with E-state index in [2.05, 4.69) is 15.6 Å². The number of ether oxygens (including phenoxy) is 4. The van der Waals surface area contributed by atoms with Crippen molar-refractivity contribution >= 4 is 17.7 Å². The van der Waals surface area contributed by atoms with Gasteiger partial charge in [0.05, 0.1) is 20.3 Å². The number of aryl methyl sites for hydroxylation is 3. The first-order valence-corrected chi connectivity index (χ1v) is 15.7. The van der Waals surface area contributed by atoms with Crippen molar-refractivity contribution in [2.45, 2.75) is 64.8 Å². The second kappa shape index (κ2) is 15.0. The van der Waals surface area contributed by atoms with Gasteiger partial charge < -0.3 is 34.5 Å². The molecule has 6 rings (SSSR count). The van der Waals surface area contributed by atoms with E-state index in [-0.39, 0.29) is 56.6 Å². The average molecular weight is 648 g/mol. The second-order valence-corrected chi connectivity index (χ2v) is 11.7. The normalized spacial score (nSPS) is 18.7. The van der Waals surface area contributed by atoms with Gasteiger partial charge >= 0.3 is 5.69 Å². The van der Waals surface area contributed by atoms with Crippen LogP contribution < -0.4 is 35.3 Å². The predicted octanol–water partition coefficient (Wildman–Crippen LogP) is 2.07. The molecule has 13 nitrogen and oxygen atoms in total. The van der Waals surface area contributed by atoms with Crippen molar-refractivity contribution in [3.8, 4) is 23.0 Å². The molecule has 3 aromatic rings. The highest BCUT2D eigenvalue weighted by atomic mass is 16.5. The lowest BCUT2D eigenvalue weighted by atomic mass is 10.0. The number of methoxy groups -OCH3 is 2.